The van der Waals surface area contributed by atoms with E-state index in [1.165, 1.54) is 6.07 Å². The number of likely N-dealkylation sites (tertiary alicyclic amines) is 1. The molecule has 1 atom stereocenters. The van der Waals surface area contributed by atoms with Crippen molar-refractivity contribution in [2.24, 2.45) is 0 Å². The Balaban J connectivity index is 2.15. The number of hydrogen-bond acceptors (Lipinski definition) is 3. The van der Waals surface area contributed by atoms with Crippen molar-refractivity contribution >= 4 is 11.9 Å². The molecule has 1 aliphatic heterocycles. The molecular weight excluding hydrogens is 234 g/mol. The van der Waals surface area contributed by atoms with Crippen molar-refractivity contribution in [2.45, 2.75) is 38.6 Å². The first-order valence-electron chi connectivity index (χ1n) is 6.22. The summed E-state index contributed by atoms with van der Waals surface area (Å²) in [7, 11) is 0. The summed E-state index contributed by atoms with van der Waals surface area (Å²) in [6.07, 6.45) is 5.34. The number of carboxylic acids is 1. The molecule has 1 fully saturated rings. The van der Waals surface area contributed by atoms with Gasteiger partial charge in [-0.2, -0.15) is 0 Å². The normalized spacial score (nSPS) is 20.5. The molecule has 0 aliphatic carbocycles. The maximum Gasteiger partial charge on any atom is 0.338 e. The van der Waals surface area contributed by atoms with Crippen LogP contribution in [0.2, 0.25) is 0 Å². The van der Waals surface area contributed by atoms with Gasteiger partial charge in [-0.25, -0.2) is 4.79 Å². The third-order valence-electron chi connectivity index (χ3n) is 3.37. The Kier molecular flexibility index (Phi) is 3.69. The summed E-state index contributed by atoms with van der Waals surface area (Å²) in [6.45, 7) is 2.73. The highest BCUT2D eigenvalue weighted by Crippen LogP contribution is 2.20. The van der Waals surface area contributed by atoms with Crippen LogP contribution in [0.25, 0.3) is 0 Å². The number of amides is 1. The number of carboxylic acid groups (broad SMARTS) is 1. The summed E-state index contributed by atoms with van der Waals surface area (Å²) in [5.74, 6) is -1.18. The van der Waals surface area contributed by atoms with Gasteiger partial charge >= 0.3 is 5.97 Å². The van der Waals surface area contributed by atoms with Crippen molar-refractivity contribution in [3.8, 4) is 0 Å². The third kappa shape index (κ3) is 2.55. The second kappa shape index (κ2) is 5.25. The van der Waals surface area contributed by atoms with E-state index in [4.69, 9.17) is 9.52 Å². The smallest absolute Gasteiger partial charge is 0.338 e. The lowest BCUT2D eigenvalue weighted by Gasteiger charge is -2.26. The highest BCUT2D eigenvalue weighted by Gasteiger charge is 2.25. The van der Waals surface area contributed by atoms with E-state index >= 15 is 0 Å². The van der Waals surface area contributed by atoms with E-state index < -0.39 is 5.97 Å². The summed E-state index contributed by atoms with van der Waals surface area (Å²) in [5, 5.41) is 8.80. The predicted molar refractivity (Wildman–Crippen MR) is 64.6 cm³/mol. The van der Waals surface area contributed by atoms with Crippen LogP contribution in [-0.4, -0.2) is 34.5 Å². The number of carbonyl (C=O) groups excluding carboxylic acids is 1. The van der Waals surface area contributed by atoms with Gasteiger partial charge in [0.05, 0.1) is 5.56 Å². The van der Waals surface area contributed by atoms with Gasteiger partial charge in [0.2, 0.25) is 0 Å². The number of hydrogen-bond donors (Lipinski definition) is 1. The van der Waals surface area contributed by atoms with Gasteiger partial charge in [0.25, 0.3) is 5.91 Å². The first kappa shape index (κ1) is 12.7. The van der Waals surface area contributed by atoms with Crippen molar-refractivity contribution in [3.63, 3.8) is 0 Å². The lowest BCUT2D eigenvalue weighted by molar-refractivity contribution is 0.0663. The lowest BCUT2D eigenvalue weighted by atomic mass is 10.1. The van der Waals surface area contributed by atoms with Crippen LogP contribution in [0.4, 0.5) is 0 Å². The second-order valence-electron chi connectivity index (χ2n) is 4.70. The van der Waals surface area contributed by atoms with E-state index in [1.807, 2.05) is 6.92 Å². The molecule has 5 nitrogen and oxygen atoms in total. The van der Waals surface area contributed by atoms with Gasteiger partial charge in [-0.15, -0.1) is 0 Å². The van der Waals surface area contributed by atoms with E-state index in [1.54, 1.807) is 4.90 Å². The summed E-state index contributed by atoms with van der Waals surface area (Å²) in [4.78, 5) is 24.8. The molecule has 0 bridgehead atoms. The molecule has 1 amide bonds. The highest BCUT2D eigenvalue weighted by molar-refractivity contribution is 5.95. The van der Waals surface area contributed by atoms with Gasteiger partial charge in [0.1, 0.15) is 6.26 Å². The van der Waals surface area contributed by atoms with Crippen LogP contribution in [0.5, 0.6) is 0 Å². The minimum absolute atomic E-state index is 0.0147. The highest BCUT2D eigenvalue weighted by atomic mass is 16.4. The summed E-state index contributed by atoms with van der Waals surface area (Å²) >= 11 is 0. The predicted octanol–water partition coefficient (Wildman–Crippen LogP) is 2.38. The molecule has 1 N–H and O–H groups in total. The van der Waals surface area contributed by atoms with Crippen LogP contribution in [0.15, 0.2) is 16.7 Å². The second-order valence-corrected chi connectivity index (χ2v) is 4.70. The molecule has 1 aromatic rings. The Labute approximate surface area is 105 Å². The van der Waals surface area contributed by atoms with Crippen molar-refractivity contribution in [3.05, 3.63) is 23.7 Å². The van der Waals surface area contributed by atoms with E-state index in [0.29, 0.717) is 6.54 Å². The summed E-state index contributed by atoms with van der Waals surface area (Å²) in [5.41, 5.74) is 0.0147. The van der Waals surface area contributed by atoms with E-state index in [9.17, 15) is 9.59 Å². The van der Waals surface area contributed by atoms with Crippen molar-refractivity contribution in [2.75, 3.05) is 6.54 Å². The van der Waals surface area contributed by atoms with E-state index in [-0.39, 0.29) is 23.3 Å². The molecule has 1 unspecified atom stereocenters. The van der Waals surface area contributed by atoms with Crippen LogP contribution in [0, 0.1) is 0 Å². The van der Waals surface area contributed by atoms with Crippen molar-refractivity contribution in [1.82, 2.24) is 4.90 Å². The SMILES string of the molecule is CC1CCCCCN1C(=O)c1cc(C(=O)O)co1. The summed E-state index contributed by atoms with van der Waals surface area (Å²) < 4.78 is 5.06. The molecule has 0 spiro atoms. The maximum atomic E-state index is 12.2. The van der Waals surface area contributed by atoms with Crippen molar-refractivity contribution in [1.29, 1.82) is 0 Å². The maximum absolute atomic E-state index is 12.2. The molecule has 2 rings (SSSR count). The number of carbonyl (C=O) groups is 2. The molecule has 98 valence electrons. The quantitative estimate of drug-likeness (QED) is 0.876. The topological polar surface area (TPSA) is 70.8 Å². The Morgan fingerprint density at radius 3 is 2.83 bits per heavy atom. The fourth-order valence-electron chi connectivity index (χ4n) is 2.28. The minimum atomic E-state index is -1.08. The third-order valence-corrected chi connectivity index (χ3v) is 3.37. The van der Waals surface area contributed by atoms with Crippen LogP contribution in [0.3, 0.4) is 0 Å². The van der Waals surface area contributed by atoms with Crippen molar-refractivity contribution < 1.29 is 19.1 Å². The first-order valence-corrected chi connectivity index (χ1v) is 6.22. The monoisotopic (exact) mass is 251 g/mol. The largest absolute Gasteiger partial charge is 0.478 e. The number of rotatable bonds is 2. The molecule has 0 aromatic carbocycles. The van der Waals surface area contributed by atoms with Gasteiger partial charge in [0.15, 0.2) is 5.76 Å². The Morgan fingerprint density at radius 2 is 2.17 bits per heavy atom. The van der Waals surface area contributed by atoms with E-state index in [0.717, 1.165) is 31.9 Å². The van der Waals surface area contributed by atoms with E-state index in [2.05, 4.69) is 0 Å². The molecule has 0 radical (unpaired) electrons. The zero-order valence-electron chi connectivity index (χ0n) is 10.4. The number of aromatic carboxylic acids is 1. The first-order chi connectivity index (χ1) is 8.59. The van der Waals surface area contributed by atoms with Gasteiger partial charge in [-0.3, -0.25) is 4.79 Å². The Morgan fingerprint density at radius 1 is 1.39 bits per heavy atom. The molecule has 1 saturated heterocycles. The number of furan rings is 1. The molecule has 2 heterocycles. The van der Waals surface area contributed by atoms with Gasteiger partial charge < -0.3 is 14.4 Å². The molecule has 18 heavy (non-hydrogen) atoms. The zero-order valence-corrected chi connectivity index (χ0v) is 10.4. The van der Waals surface area contributed by atoms with Crippen LogP contribution >= 0.6 is 0 Å². The zero-order chi connectivity index (χ0) is 13.1. The number of nitrogens with zero attached hydrogens (tertiary/aromatic N) is 1. The molecule has 0 saturated carbocycles. The van der Waals surface area contributed by atoms with Crippen LogP contribution in [0.1, 0.15) is 53.5 Å². The Bertz CT molecular complexity index is 452. The molecule has 1 aromatic heterocycles. The fourth-order valence-corrected chi connectivity index (χ4v) is 2.28. The lowest BCUT2D eigenvalue weighted by Crippen LogP contribution is -2.38. The standard InChI is InChI=1S/C13H17NO4/c1-9-5-3-2-4-6-14(9)12(15)11-7-10(8-18-11)13(16)17/h7-9H,2-6H2,1H3,(H,16,17). The van der Waals surface area contributed by atoms with Gasteiger partial charge in [-0.05, 0) is 19.8 Å². The van der Waals surface area contributed by atoms with Gasteiger partial charge in [0, 0.05) is 18.7 Å². The van der Waals surface area contributed by atoms with Gasteiger partial charge in [-0.1, -0.05) is 12.8 Å². The average molecular weight is 251 g/mol. The van der Waals surface area contributed by atoms with Crippen LogP contribution in [-0.2, 0) is 0 Å². The van der Waals surface area contributed by atoms with Crippen LogP contribution < -0.4 is 0 Å². The molecular formula is C13H17NO4. The Hall–Kier alpha value is -1.78. The fraction of sp³-hybridized carbons (Fsp3) is 0.538. The average Bonchev–Trinajstić information content (AvgIpc) is 2.73. The molecule has 5 heteroatoms. The summed E-state index contributed by atoms with van der Waals surface area (Å²) in [6, 6.07) is 1.47. The minimum Gasteiger partial charge on any atom is -0.478 e. The molecule has 1 aliphatic rings.